The van der Waals surface area contributed by atoms with Crippen LogP contribution in [0.1, 0.15) is 25.6 Å². The van der Waals surface area contributed by atoms with Crippen molar-refractivity contribution in [1.82, 2.24) is 20.2 Å². The highest BCUT2D eigenvalue weighted by Crippen LogP contribution is 2.23. The third-order valence-electron chi connectivity index (χ3n) is 3.60. The van der Waals surface area contributed by atoms with Crippen molar-refractivity contribution in [2.24, 2.45) is 11.8 Å². The lowest BCUT2D eigenvalue weighted by Crippen LogP contribution is -2.39. The standard InChI is InChI=1S/C11H21N5O2S/c1-2-16-11(13-8-14-16)6-10(15-12)5-9-3-4-19(17,18)7-9/h8-10,15H,2-7,12H2,1H3. The molecule has 0 spiro atoms. The summed E-state index contributed by atoms with van der Waals surface area (Å²) < 4.78 is 24.7. The number of aryl methyl sites for hydroxylation is 1. The van der Waals surface area contributed by atoms with Crippen molar-refractivity contribution < 1.29 is 8.42 Å². The van der Waals surface area contributed by atoms with Crippen LogP contribution in [0.4, 0.5) is 0 Å². The predicted molar refractivity (Wildman–Crippen MR) is 71.9 cm³/mol. The quantitative estimate of drug-likeness (QED) is 0.540. The molecular weight excluding hydrogens is 266 g/mol. The van der Waals surface area contributed by atoms with E-state index < -0.39 is 9.84 Å². The maximum atomic E-state index is 11.5. The zero-order chi connectivity index (χ0) is 13.9. The molecule has 1 aliphatic heterocycles. The summed E-state index contributed by atoms with van der Waals surface area (Å²) in [7, 11) is -2.83. The molecule has 19 heavy (non-hydrogen) atoms. The first-order valence-electron chi connectivity index (χ1n) is 6.57. The van der Waals surface area contributed by atoms with Crippen molar-refractivity contribution in [2.75, 3.05) is 11.5 Å². The van der Waals surface area contributed by atoms with E-state index in [1.165, 1.54) is 6.33 Å². The van der Waals surface area contributed by atoms with Gasteiger partial charge in [0.05, 0.1) is 11.5 Å². The molecule has 7 nitrogen and oxygen atoms in total. The number of hydrogen-bond donors (Lipinski definition) is 2. The average Bonchev–Trinajstić information content (AvgIpc) is 2.94. The van der Waals surface area contributed by atoms with Crippen LogP contribution in [-0.4, -0.2) is 40.7 Å². The summed E-state index contributed by atoms with van der Waals surface area (Å²) in [6.45, 7) is 2.77. The molecule has 8 heteroatoms. The van der Waals surface area contributed by atoms with Gasteiger partial charge in [-0.05, 0) is 25.7 Å². The van der Waals surface area contributed by atoms with Crippen LogP contribution in [0.5, 0.6) is 0 Å². The molecule has 1 saturated heterocycles. The second-order valence-corrected chi connectivity index (χ2v) is 7.29. The zero-order valence-electron chi connectivity index (χ0n) is 11.1. The number of nitrogens with two attached hydrogens (primary N) is 1. The van der Waals surface area contributed by atoms with E-state index in [0.29, 0.717) is 12.2 Å². The van der Waals surface area contributed by atoms with Gasteiger partial charge in [0.15, 0.2) is 9.84 Å². The molecule has 1 aromatic rings. The summed E-state index contributed by atoms with van der Waals surface area (Å²) in [6.07, 6.45) is 3.70. The molecule has 1 fully saturated rings. The summed E-state index contributed by atoms with van der Waals surface area (Å²) in [5.41, 5.74) is 2.77. The molecule has 108 valence electrons. The lowest BCUT2D eigenvalue weighted by atomic mass is 9.97. The number of nitrogens with zero attached hydrogens (tertiary/aromatic N) is 3. The van der Waals surface area contributed by atoms with Gasteiger partial charge in [0.2, 0.25) is 0 Å². The molecule has 0 saturated carbocycles. The van der Waals surface area contributed by atoms with E-state index in [-0.39, 0.29) is 17.7 Å². The van der Waals surface area contributed by atoms with Crippen LogP contribution < -0.4 is 11.3 Å². The van der Waals surface area contributed by atoms with Crippen molar-refractivity contribution in [2.45, 2.75) is 38.8 Å². The molecule has 2 atom stereocenters. The fourth-order valence-electron chi connectivity index (χ4n) is 2.60. The van der Waals surface area contributed by atoms with Crippen LogP contribution in [0.15, 0.2) is 6.33 Å². The van der Waals surface area contributed by atoms with Crippen molar-refractivity contribution in [3.05, 3.63) is 12.2 Å². The minimum absolute atomic E-state index is 0.0350. The summed E-state index contributed by atoms with van der Waals surface area (Å²) in [5.74, 6) is 7.24. The second kappa shape index (κ2) is 5.98. The van der Waals surface area contributed by atoms with Gasteiger partial charge in [-0.15, -0.1) is 0 Å². The first-order chi connectivity index (χ1) is 9.04. The van der Waals surface area contributed by atoms with Crippen molar-refractivity contribution in [3.8, 4) is 0 Å². The third-order valence-corrected chi connectivity index (χ3v) is 5.44. The van der Waals surface area contributed by atoms with E-state index in [1.807, 2.05) is 11.6 Å². The molecule has 2 rings (SSSR count). The fraction of sp³-hybridized carbons (Fsp3) is 0.818. The van der Waals surface area contributed by atoms with Crippen LogP contribution in [0.2, 0.25) is 0 Å². The Balaban J connectivity index is 1.94. The molecule has 3 N–H and O–H groups in total. The Morgan fingerprint density at radius 2 is 2.42 bits per heavy atom. The normalized spacial score (nSPS) is 23.6. The summed E-state index contributed by atoms with van der Waals surface area (Å²) in [5, 5.41) is 4.12. The Kier molecular flexibility index (Phi) is 4.54. The average molecular weight is 287 g/mol. The number of hydrazine groups is 1. The van der Waals surface area contributed by atoms with Crippen LogP contribution in [0, 0.1) is 5.92 Å². The molecule has 2 heterocycles. The molecule has 2 unspecified atom stereocenters. The van der Waals surface area contributed by atoms with Crippen LogP contribution in [0.25, 0.3) is 0 Å². The van der Waals surface area contributed by atoms with E-state index in [1.54, 1.807) is 0 Å². The van der Waals surface area contributed by atoms with E-state index in [2.05, 4.69) is 15.5 Å². The van der Waals surface area contributed by atoms with Gasteiger partial charge in [-0.2, -0.15) is 5.10 Å². The maximum absolute atomic E-state index is 11.5. The van der Waals surface area contributed by atoms with E-state index in [0.717, 1.165) is 25.2 Å². The Bertz CT molecular complexity index is 513. The Labute approximate surface area is 113 Å². The topological polar surface area (TPSA) is 103 Å². The molecule has 0 aliphatic carbocycles. The lowest BCUT2D eigenvalue weighted by Gasteiger charge is -2.18. The second-order valence-electron chi connectivity index (χ2n) is 5.06. The van der Waals surface area contributed by atoms with Crippen molar-refractivity contribution in [1.29, 1.82) is 0 Å². The summed E-state index contributed by atoms with van der Waals surface area (Å²) in [4.78, 5) is 4.22. The maximum Gasteiger partial charge on any atom is 0.150 e. The molecule has 1 aliphatic rings. The highest BCUT2D eigenvalue weighted by molar-refractivity contribution is 7.91. The highest BCUT2D eigenvalue weighted by atomic mass is 32.2. The van der Waals surface area contributed by atoms with Crippen molar-refractivity contribution in [3.63, 3.8) is 0 Å². The molecule has 1 aromatic heterocycles. The smallest absolute Gasteiger partial charge is 0.150 e. The Morgan fingerprint density at radius 1 is 1.63 bits per heavy atom. The van der Waals surface area contributed by atoms with E-state index in [4.69, 9.17) is 5.84 Å². The third kappa shape index (κ3) is 3.74. The van der Waals surface area contributed by atoms with Gasteiger partial charge >= 0.3 is 0 Å². The SMILES string of the molecule is CCn1ncnc1CC(CC1CCS(=O)(=O)C1)NN. The molecule has 0 amide bonds. The van der Waals surface area contributed by atoms with Gasteiger partial charge in [-0.3, -0.25) is 16.0 Å². The molecule has 0 radical (unpaired) electrons. The van der Waals surface area contributed by atoms with Crippen LogP contribution in [-0.2, 0) is 22.8 Å². The monoisotopic (exact) mass is 287 g/mol. The van der Waals surface area contributed by atoms with E-state index in [9.17, 15) is 8.42 Å². The van der Waals surface area contributed by atoms with Crippen molar-refractivity contribution >= 4 is 9.84 Å². The highest BCUT2D eigenvalue weighted by Gasteiger charge is 2.29. The number of nitrogens with one attached hydrogen (secondary N) is 1. The zero-order valence-corrected chi connectivity index (χ0v) is 11.9. The minimum atomic E-state index is -2.83. The lowest BCUT2D eigenvalue weighted by molar-refractivity contribution is 0.397. The van der Waals surface area contributed by atoms with Gasteiger partial charge in [0.1, 0.15) is 12.2 Å². The van der Waals surface area contributed by atoms with Gasteiger partial charge < -0.3 is 0 Å². The van der Waals surface area contributed by atoms with Gasteiger partial charge in [-0.1, -0.05) is 0 Å². The molecular formula is C11H21N5O2S. The minimum Gasteiger partial charge on any atom is -0.271 e. The summed E-state index contributed by atoms with van der Waals surface area (Å²) >= 11 is 0. The number of aromatic nitrogens is 3. The van der Waals surface area contributed by atoms with E-state index >= 15 is 0 Å². The Morgan fingerprint density at radius 3 is 3.00 bits per heavy atom. The summed E-state index contributed by atoms with van der Waals surface area (Å²) in [6, 6.07) is 0.0350. The Hall–Kier alpha value is -0.990. The number of rotatable bonds is 6. The first-order valence-corrected chi connectivity index (χ1v) is 8.39. The molecule has 0 aromatic carbocycles. The van der Waals surface area contributed by atoms with Gasteiger partial charge in [0.25, 0.3) is 0 Å². The number of hydrogen-bond acceptors (Lipinski definition) is 6. The van der Waals surface area contributed by atoms with Crippen LogP contribution in [0.3, 0.4) is 0 Å². The fourth-order valence-corrected chi connectivity index (χ4v) is 4.48. The number of sulfone groups is 1. The predicted octanol–water partition coefficient (Wildman–Crippen LogP) is -0.503. The largest absolute Gasteiger partial charge is 0.271 e. The van der Waals surface area contributed by atoms with Gasteiger partial charge in [-0.25, -0.2) is 13.4 Å². The van der Waals surface area contributed by atoms with Gasteiger partial charge in [0, 0.05) is 19.0 Å². The molecule has 0 bridgehead atoms. The van der Waals surface area contributed by atoms with Crippen LogP contribution >= 0.6 is 0 Å². The first kappa shape index (κ1) is 14.4.